The molecule has 8 aromatic carbocycles. The van der Waals surface area contributed by atoms with Crippen LogP contribution in [0.3, 0.4) is 0 Å². The third-order valence-corrected chi connectivity index (χ3v) is 11.3. The van der Waals surface area contributed by atoms with Crippen molar-refractivity contribution in [3.05, 3.63) is 199 Å². The smallest absolute Gasteiger partial charge is 0.159 e. The highest BCUT2D eigenvalue weighted by atomic mass is 16.3. The van der Waals surface area contributed by atoms with Crippen molar-refractivity contribution in [2.24, 2.45) is 9.98 Å². The molecule has 1 aliphatic rings. The van der Waals surface area contributed by atoms with E-state index in [9.17, 15) is 0 Å². The van der Waals surface area contributed by atoms with E-state index < -0.39 is 6.17 Å². The van der Waals surface area contributed by atoms with E-state index in [0.29, 0.717) is 5.84 Å². The number of para-hydroxylation sites is 4. The number of furan rings is 2. The second kappa shape index (κ2) is 12.4. The van der Waals surface area contributed by atoms with Gasteiger partial charge in [-0.1, -0.05) is 140 Å². The van der Waals surface area contributed by atoms with E-state index in [4.69, 9.17) is 18.8 Å². The maximum Gasteiger partial charge on any atom is 0.159 e. The predicted octanol–water partition coefficient (Wildman–Crippen LogP) is 12.7. The number of aromatic nitrogens is 1. The van der Waals surface area contributed by atoms with Gasteiger partial charge in [-0.3, -0.25) is 0 Å². The van der Waals surface area contributed by atoms with E-state index >= 15 is 0 Å². The first-order valence-corrected chi connectivity index (χ1v) is 19.2. The standard InChI is InChI=1S/C51H32N4O2/c1-3-13-31(14-4-1)49-52-50(32-15-5-2-6-16-32)54-51(53-49)40-21-11-19-38-37-27-25-34(30-46(37)57-47(38)40)33-26-28-45-41(29-33)39-20-12-24-44(48(39)56-45)55-42-22-9-7-17-35(42)36-18-8-10-23-43(36)55/h1-30,51H,(H,52,53,54). The molecule has 3 aromatic heterocycles. The van der Waals surface area contributed by atoms with Crippen LogP contribution in [0.2, 0.25) is 0 Å². The first-order chi connectivity index (χ1) is 28.2. The molecule has 6 nitrogen and oxygen atoms in total. The number of amidine groups is 2. The molecule has 0 radical (unpaired) electrons. The number of hydrogen-bond donors (Lipinski definition) is 1. The lowest BCUT2D eigenvalue weighted by Crippen LogP contribution is -2.33. The lowest BCUT2D eigenvalue weighted by Gasteiger charge is -2.23. The largest absolute Gasteiger partial charge is 0.456 e. The summed E-state index contributed by atoms with van der Waals surface area (Å²) in [5.41, 5.74) is 11.7. The maximum atomic E-state index is 6.78. The van der Waals surface area contributed by atoms with Gasteiger partial charge >= 0.3 is 0 Å². The Balaban J connectivity index is 0.958. The lowest BCUT2D eigenvalue weighted by molar-refractivity contribution is 0.628. The Labute approximate surface area is 326 Å². The Morgan fingerprint density at radius 2 is 1.05 bits per heavy atom. The summed E-state index contributed by atoms with van der Waals surface area (Å²) < 4.78 is 15.8. The van der Waals surface area contributed by atoms with Crippen LogP contribution in [0.1, 0.15) is 22.9 Å². The molecule has 1 aliphatic heterocycles. The summed E-state index contributed by atoms with van der Waals surface area (Å²) in [7, 11) is 0. The summed E-state index contributed by atoms with van der Waals surface area (Å²) >= 11 is 0. The summed E-state index contributed by atoms with van der Waals surface area (Å²) in [5.74, 6) is 1.45. The highest BCUT2D eigenvalue weighted by Gasteiger charge is 2.25. The molecular weight excluding hydrogens is 701 g/mol. The van der Waals surface area contributed by atoms with Gasteiger partial charge in [-0.2, -0.15) is 0 Å². The summed E-state index contributed by atoms with van der Waals surface area (Å²) in [6.07, 6.45) is -0.402. The maximum absolute atomic E-state index is 6.78. The molecule has 57 heavy (non-hydrogen) atoms. The molecular formula is C51H32N4O2. The second-order valence-corrected chi connectivity index (χ2v) is 14.6. The van der Waals surface area contributed by atoms with Gasteiger partial charge in [-0.15, -0.1) is 0 Å². The molecule has 6 heteroatoms. The van der Waals surface area contributed by atoms with Gasteiger partial charge in [0.15, 0.2) is 17.6 Å². The number of rotatable bonds is 5. The molecule has 1 atom stereocenters. The molecule has 0 saturated heterocycles. The number of nitrogens with one attached hydrogen (secondary N) is 1. The SMILES string of the molecule is c1ccc(C2=NC(c3cccc4c3oc3cc(-c5ccc6oc7c(-n8c9ccccc9c9ccccc98)cccc7c6c5)ccc34)NC(c3ccccc3)=N2)cc1. The Morgan fingerprint density at radius 3 is 1.82 bits per heavy atom. The van der Waals surface area contributed by atoms with Crippen molar-refractivity contribution in [1.82, 2.24) is 9.88 Å². The van der Waals surface area contributed by atoms with Crippen molar-refractivity contribution < 1.29 is 8.83 Å². The Bertz CT molecular complexity index is 3390. The molecule has 268 valence electrons. The third-order valence-electron chi connectivity index (χ3n) is 11.3. The number of benzene rings is 8. The fourth-order valence-corrected chi connectivity index (χ4v) is 8.60. The van der Waals surface area contributed by atoms with Crippen molar-refractivity contribution in [3.8, 4) is 16.8 Å². The van der Waals surface area contributed by atoms with Crippen LogP contribution in [0.5, 0.6) is 0 Å². The second-order valence-electron chi connectivity index (χ2n) is 14.6. The lowest BCUT2D eigenvalue weighted by atomic mass is 10.0. The fraction of sp³-hybridized carbons (Fsp3) is 0.0196. The topological polar surface area (TPSA) is 68.0 Å². The number of fused-ring (bicyclic) bond motifs is 9. The molecule has 0 saturated carbocycles. The van der Waals surface area contributed by atoms with Gasteiger partial charge in [-0.05, 0) is 53.6 Å². The van der Waals surface area contributed by atoms with Gasteiger partial charge in [0.25, 0.3) is 0 Å². The van der Waals surface area contributed by atoms with Gasteiger partial charge in [-0.25, -0.2) is 9.98 Å². The van der Waals surface area contributed by atoms with E-state index in [1.54, 1.807) is 0 Å². The third kappa shape index (κ3) is 4.97. The fourth-order valence-electron chi connectivity index (χ4n) is 8.60. The van der Waals surface area contributed by atoms with Crippen LogP contribution in [-0.4, -0.2) is 16.2 Å². The minimum atomic E-state index is -0.402. The van der Waals surface area contributed by atoms with E-state index in [2.05, 4.69) is 143 Å². The Morgan fingerprint density at radius 1 is 0.439 bits per heavy atom. The first-order valence-electron chi connectivity index (χ1n) is 19.2. The average Bonchev–Trinajstić information content (AvgIpc) is 3.96. The highest BCUT2D eigenvalue weighted by Crippen LogP contribution is 2.41. The molecule has 12 rings (SSSR count). The van der Waals surface area contributed by atoms with E-state index in [0.717, 1.165) is 94.3 Å². The molecule has 4 heterocycles. The molecule has 11 aromatic rings. The summed E-state index contributed by atoms with van der Waals surface area (Å²) in [6, 6.07) is 63.2. The van der Waals surface area contributed by atoms with Crippen molar-refractivity contribution in [2.45, 2.75) is 6.17 Å². The van der Waals surface area contributed by atoms with Crippen molar-refractivity contribution in [1.29, 1.82) is 0 Å². The minimum Gasteiger partial charge on any atom is -0.456 e. The van der Waals surface area contributed by atoms with Crippen molar-refractivity contribution in [3.63, 3.8) is 0 Å². The van der Waals surface area contributed by atoms with Crippen molar-refractivity contribution in [2.75, 3.05) is 0 Å². The van der Waals surface area contributed by atoms with E-state index in [1.165, 1.54) is 10.8 Å². The molecule has 0 bridgehead atoms. The zero-order valence-electron chi connectivity index (χ0n) is 30.6. The van der Waals surface area contributed by atoms with Gasteiger partial charge in [0, 0.05) is 49.0 Å². The molecule has 0 aliphatic carbocycles. The van der Waals surface area contributed by atoms with E-state index in [-0.39, 0.29) is 0 Å². The quantitative estimate of drug-likeness (QED) is 0.192. The average molecular weight is 733 g/mol. The van der Waals surface area contributed by atoms with Gasteiger partial charge < -0.3 is 18.7 Å². The van der Waals surface area contributed by atoms with Crippen LogP contribution in [0.15, 0.2) is 201 Å². The van der Waals surface area contributed by atoms with E-state index in [1.807, 2.05) is 48.5 Å². The van der Waals surface area contributed by atoms with Crippen molar-refractivity contribution >= 4 is 77.4 Å². The first kappa shape index (κ1) is 31.6. The molecule has 0 spiro atoms. The minimum absolute atomic E-state index is 0.402. The zero-order valence-corrected chi connectivity index (χ0v) is 30.6. The zero-order chi connectivity index (χ0) is 37.5. The van der Waals surface area contributed by atoms with Crippen LogP contribution >= 0.6 is 0 Å². The number of hydrogen-bond acceptors (Lipinski definition) is 5. The monoisotopic (exact) mass is 732 g/mol. The Hall–Kier alpha value is -7.70. The number of aliphatic imine (C=N–C) groups is 2. The van der Waals surface area contributed by atoms with Crippen LogP contribution in [-0.2, 0) is 0 Å². The molecule has 0 fully saturated rings. The number of nitrogens with zero attached hydrogens (tertiary/aromatic N) is 3. The van der Waals surface area contributed by atoms with Gasteiger partial charge in [0.05, 0.1) is 16.7 Å². The predicted molar refractivity (Wildman–Crippen MR) is 233 cm³/mol. The van der Waals surface area contributed by atoms with Crippen LogP contribution in [0, 0.1) is 0 Å². The normalized spacial score (nSPS) is 14.5. The van der Waals surface area contributed by atoms with Crippen LogP contribution in [0.25, 0.3) is 82.5 Å². The van der Waals surface area contributed by atoms with Gasteiger partial charge in [0.2, 0.25) is 0 Å². The summed E-state index contributed by atoms with van der Waals surface area (Å²) in [6.45, 7) is 0. The molecule has 1 unspecified atom stereocenters. The highest BCUT2D eigenvalue weighted by molar-refractivity contribution is 6.15. The Kier molecular flexibility index (Phi) is 6.89. The van der Waals surface area contributed by atoms with Crippen LogP contribution < -0.4 is 5.32 Å². The van der Waals surface area contributed by atoms with Crippen LogP contribution in [0.4, 0.5) is 0 Å². The summed E-state index contributed by atoms with van der Waals surface area (Å²) in [4.78, 5) is 10.1. The summed E-state index contributed by atoms with van der Waals surface area (Å²) in [5, 5.41) is 10.3. The molecule has 0 amide bonds. The molecule has 1 N–H and O–H groups in total. The van der Waals surface area contributed by atoms with Gasteiger partial charge in [0.1, 0.15) is 22.6 Å².